The van der Waals surface area contributed by atoms with E-state index in [1.54, 1.807) is 12.0 Å². The SMILES string of the molecule is COc1ccccc1CNC(=O)CN1C(=O)CCC[C@@H]2CN(S(C)(=O)=O)C[C@@H]21. The van der Waals surface area contributed by atoms with Crippen molar-refractivity contribution in [1.29, 1.82) is 0 Å². The molecule has 0 unspecified atom stereocenters. The maximum absolute atomic E-state index is 12.6. The van der Waals surface area contributed by atoms with Gasteiger partial charge in [-0.25, -0.2) is 8.42 Å². The molecule has 2 fully saturated rings. The van der Waals surface area contributed by atoms with E-state index < -0.39 is 10.0 Å². The molecule has 8 nitrogen and oxygen atoms in total. The van der Waals surface area contributed by atoms with E-state index in [9.17, 15) is 18.0 Å². The lowest BCUT2D eigenvalue weighted by molar-refractivity contribution is -0.138. The monoisotopic (exact) mass is 409 g/mol. The molecule has 154 valence electrons. The van der Waals surface area contributed by atoms with E-state index in [0.29, 0.717) is 25.3 Å². The quantitative estimate of drug-likeness (QED) is 0.742. The minimum absolute atomic E-state index is 0.0627. The number of para-hydroxylation sites is 1. The lowest BCUT2D eigenvalue weighted by atomic mass is 9.98. The molecule has 2 saturated heterocycles. The lowest BCUT2D eigenvalue weighted by Crippen LogP contribution is -2.48. The van der Waals surface area contributed by atoms with E-state index in [-0.39, 0.29) is 36.9 Å². The van der Waals surface area contributed by atoms with Gasteiger partial charge in [-0.05, 0) is 24.8 Å². The molecule has 0 saturated carbocycles. The van der Waals surface area contributed by atoms with E-state index >= 15 is 0 Å². The number of hydrogen-bond acceptors (Lipinski definition) is 5. The van der Waals surface area contributed by atoms with Crippen LogP contribution in [-0.4, -0.2) is 68.5 Å². The summed E-state index contributed by atoms with van der Waals surface area (Å²) in [7, 11) is -1.74. The van der Waals surface area contributed by atoms with Gasteiger partial charge in [0.15, 0.2) is 0 Å². The molecule has 2 heterocycles. The minimum atomic E-state index is -3.32. The lowest BCUT2D eigenvalue weighted by Gasteiger charge is -2.29. The largest absolute Gasteiger partial charge is 0.496 e. The zero-order valence-corrected chi connectivity index (χ0v) is 17.1. The third-order valence-corrected chi connectivity index (χ3v) is 6.75. The topological polar surface area (TPSA) is 96.0 Å². The second-order valence-corrected chi connectivity index (χ2v) is 9.39. The Morgan fingerprint density at radius 1 is 1.29 bits per heavy atom. The van der Waals surface area contributed by atoms with Crippen molar-refractivity contribution in [2.45, 2.75) is 31.8 Å². The van der Waals surface area contributed by atoms with E-state index in [0.717, 1.165) is 18.4 Å². The van der Waals surface area contributed by atoms with E-state index in [2.05, 4.69) is 5.32 Å². The first-order valence-corrected chi connectivity index (χ1v) is 11.3. The van der Waals surface area contributed by atoms with E-state index in [4.69, 9.17) is 4.74 Å². The summed E-state index contributed by atoms with van der Waals surface area (Å²) in [4.78, 5) is 26.7. The summed E-state index contributed by atoms with van der Waals surface area (Å²) in [6.07, 6.45) is 3.09. The van der Waals surface area contributed by atoms with Gasteiger partial charge >= 0.3 is 0 Å². The predicted molar refractivity (Wildman–Crippen MR) is 104 cm³/mol. The van der Waals surface area contributed by atoms with Gasteiger partial charge in [0.05, 0.1) is 26.0 Å². The van der Waals surface area contributed by atoms with Crippen molar-refractivity contribution in [1.82, 2.24) is 14.5 Å². The molecular formula is C19H27N3O5S. The third kappa shape index (κ3) is 4.64. The summed E-state index contributed by atoms with van der Waals surface area (Å²) in [6, 6.07) is 7.16. The Morgan fingerprint density at radius 3 is 2.75 bits per heavy atom. The number of nitrogens with one attached hydrogen (secondary N) is 1. The number of likely N-dealkylation sites (tertiary alicyclic amines) is 1. The number of rotatable bonds is 6. The highest BCUT2D eigenvalue weighted by Crippen LogP contribution is 2.31. The van der Waals surface area contributed by atoms with Gasteiger partial charge in [-0.2, -0.15) is 4.31 Å². The highest BCUT2D eigenvalue weighted by molar-refractivity contribution is 7.88. The molecule has 1 aromatic rings. The standard InChI is InChI=1S/C19H27N3O5S/c1-27-17-8-4-3-6-14(17)10-20-18(23)13-22-16-12-21(28(2,25)26)11-15(16)7-5-9-19(22)24/h3-4,6,8,15-16H,5,7,9-13H2,1-2H3,(H,20,23)/t15-,16+/m1/s1. The predicted octanol–water partition coefficient (Wildman–Crippen LogP) is 0.584. The number of fused-ring (bicyclic) bond motifs is 1. The second-order valence-electron chi connectivity index (χ2n) is 7.41. The number of amides is 2. The molecule has 0 radical (unpaired) electrons. The maximum Gasteiger partial charge on any atom is 0.239 e. The number of nitrogens with zero attached hydrogens (tertiary/aromatic N) is 2. The Labute approximate surface area is 165 Å². The van der Waals surface area contributed by atoms with E-state index in [1.807, 2.05) is 24.3 Å². The molecular weight excluding hydrogens is 382 g/mol. The molecule has 0 aromatic heterocycles. The fourth-order valence-electron chi connectivity index (χ4n) is 4.03. The van der Waals surface area contributed by atoms with Crippen LogP contribution in [0, 0.1) is 5.92 Å². The van der Waals surface area contributed by atoms with Crippen LogP contribution >= 0.6 is 0 Å². The molecule has 9 heteroatoms. The van der Waals surface area contributed by atoms with Crippen LogP contribution in [0.2, 0.25) is 0 Å². The van der Waals surface area contributed by atoms with Crippen molar-refractivity contribution in [3.8, 4) is 5.75 Å². The van der Waals surface area contributed by atoms with E-state index in [1.165, 1.54) is 10.6 Å². The highest BCUT2D eigenvalue weighted by atomic mass is 32.2. The van der Waals surface area contributed by atoms with Crippen molar-refractivity contribution in [3.05, 3.63) is 29.8 Å². The zero-order chi connectivity index (χ0) is 20.3. The van der Waals surface area contributed by atoms with Crippen molar-refractivity contribution >= 4 is 21.8 Å². The first-order chi connectivity index (χ1) is 13.3. The Hall–Kier alpha value is -2.13. The number of hydrogen-bond donors (Lipinski definition) is 1. The number of methoxy groups -OCH3 is 1. The molecule has 2 aliphatic rings. The Balaban J connectivity index is 1.66. The first-order valence-electron chi connectivity index (χ1n) is 9.42. The smallest absolute Gasteiger partial charge is 0.239 e. The molecule has 3 rings (SSSR count). The Morgan fingerprint density at radius 2 is 2.04 bits per heavy atom. The van der Waals surface area contributed by atoms with Gasteiger partial charge < -0.3 is 15.0 Å². The fraction of sp³-hybridized carbons (Fsp3) is 0.579. The molecule has 0 spiro atoms. The van der Waals surface area contributed by atoms with Crippen molar-refractivity contribution in [2.24, 2.45) is 5.92 Å². The van der Waals surface area contributed by atoms with Crippen LogP contribution in [0.3, 0.4) is 0 Å². The minimum Gasteiger partial charge on any atom is -0.496 e. The summed E-state index contributed by atoms with van der Waals surface area (Å²) in [5.41, 5.74) is 0.850. The number of sulfonamides is 1. The van der Waals surface area contributed by atoms with Crippen LogP contribution in [0.15, 0.2) is 24.3 Å². The van der Waals surface area contributed by atoms with Crippen molar-refractivity contribution < 1.29 is 22.7 Å². The van der Waals surface area contributed by atoms with Gasteiger partial charge in [0.1, 0.15) is 5.75 Å². The molecule has 2 amide bonds. The highest BCUT2D eigenvalue weighted by Gasteiger charge is 2.43. The van der Waals surface area contributed by atoms with Gasteiger partial charge in [-0.15, -0.1) is 0 Å². The van der Waals surface area contributed by atoms with Crippen LogP contribution in [0.4, 0.5) is 0 Å². The van der Waals surface area contributed by atoms with Crippen LogP contribution in [0.1, 0.15) is 24.8 Å². The van der Waals surface area contributed by atoms with Crippen molar-refractivity contribution in [3.63, 3.8) is 0 Å². The fourth-order valence-corrected chi connectivity index (χ4v) is 4.91. The molecule has 2 aliphatic heterocycles. The molecule has 1 N–H and O–H groups in total. The number of carbonyl (C=O) groups is 2. The maximum atomic E-state index is 12.6. The number of ether oxygens (including phenoxy) is 1. The average Bonchev–Trinajstić information content (AvgIpc) is 3.03. The van der Waals surface area contributed by atoms with Gasteiger partial charge in [0, 0.05) is 31.6 Å². The van der Waals surface area contributed by atoms with Gasteiger partial charge in [-0.3, -0.25) is 9.59 Å². The Kier molecular flexibility index (Phi) is 6.24. The summed E-state index contributed by atoms with van der Waals surface area (Å²) in [6.45, 7) is 0.909. The van der Waals surface area contributed by atoms with Crippen LogP contribution in [-0.2, 0) is 26.2 Å². The molecule has 0 aliphatic carbocycles. The zero-order valence-electron chi connectivity index (χ0n) is 16.3. The summed E-state index contributed by atoms with van der Waals surface area (Å²) in [5, 5.41) is 2.84. The molecule has 1 aromatic carbocycles. The third-order valence-electron chi connectivity index (χ3n) is 5.51. The van der Waals surface area contributed by atoms with Gasteiger partial charge in [-0.1, -0.05) is 18.2 Å². The van der Waals surface area contributed by atoms with Crippen LogP contribution < -0.4 is 10.1 Å². The molecule has 28 heavy (non-hydrogen) atoms. The molecule has 2 atom stereocenters. The summed E-state index contributed by atoms with van der Waals surface area (Å²) < 4.78 is 30.5. The van der Waals surface area contributed by atoms with Gasteiger partial charge in [0.2, 0.25) is 21.8 Å². The Bertz CT molecular complexity index is 842. The number of benzene rings is 1. The van der Waals surface area contributed by atoms with Crippen molar-refractivity contribution in [2.75, 3.05) is 33.0 Å². The number of carbonyl (C=O) groups excluding carboxylic acids is 2. The first kappa shape index (κ1) is 20.6. The summed E-state index contributed by atoms with van der Waals surface area (Å²) >= 11 is 0. The molecule has 0 bridgehead atoms. The summed E-state index contributed by atoms with van der Waals surface area (Å²) in [5.74, 6) is 0.407. The normalized spacial score (nSPS) is 23.2. The average molecular weight is 410 g/mol. The second kappa shape index (κ2) is 8.48. The van der Waals surface area contributed by atoms with Gasteiger partial charge in [0.25, 0.3) is 0 Å². The van der Waals surface area contributed by atoms with Crippen LogP contribution in [0.5, 0.6) is 5.75 Å². The van der Waals surface area contributed by atoms with Crippen LogP contribution in [0.25, 0.3) is 0 Å².